The highest BCUT2D eigenvalue weighted by molar-refractivity contribution is 5.85. The second kappa shape index (κ2) is 5.81. The van der Waals surface area contributed by atoms with Crippen LogP contribution in [0.3, 0.4) is 0 Å². The van der Waals surface area contributed by atoms with Gasteiger partial charge in [0.05, 0.1) is 11.4 Å². The summed E-state index contributed by atoms with van der Waals surface area (Å²) in [5, 5.41) is 9.59. The molecule has 3 heteroatoms. The SMILES string of the molecule is Oc1ccc(-c2cc(-c3ccncc3)c3c(n2)-c2ccccc2C3)cc1. The standard InChI is InChI=1S/C23H16N2O/c26-18-7-5-16(6-8-18)22-14-20(15-9-11-24-12-10-15)21-13-17-3-1-2-4-19(17)23(21)25-22/h1-12,14,26H,13H2. The Bertz CT molecular complexity index is 1100. The molecule has 1 N–H and O–H groups in total. The van der Waals surface area contributed by atoms with Crippen LogP contribution in [0.2, 0.25) is 0 Å². The van der Waals surface area contributed by atoms with Gasteiger partial charge in [0, 0.05) is 29.9 Å². The fraction of sp³-hybridized carbons (Fsp3) is 0.0435. The first-order valence-electron chi connectivity index (χ1n) is 8.61. The summed E-state index contributed by atoms with van der Waals surface area (Å²) in [6.45, 7) is 0. The molecule has 0 saturated carbocycles. The molecule has 3 nitrogen and oxygen atoms in total. The zero-order valence-electron chi connectivity index (χ0n) is 14.1. The molecule has 2 aromatic heterocycles. The minimum absolute atomic E-state index is 0.259. The summed E-state index contributed by atoms with van der Waals surface area (Å²) in [7, 11) is 0. The van der Waals surface area contributed by atoms with Gasteiger partial charge in [0.25, 0.3) is 0 Å². The average molecular weight is 336 g/mol. The van der Waals surface area contributed by atoms with Crippen LogP contribution in [-0.4, -0.2) is 15.1 Å². The van der Waals surface area contributed by atoms with Gasteiger partial charge in [0.2, 0.25) is 0 Å². The van der Waals surface area contributed by atoms with Crippen LogP contribution in [0.4, 0.5) is 0 Å². The van der Waals surface area contributed by atoms with Crippen molar-refractivity contribution in [3.05, 3.63) is 90.3 Å². The number of aromatic nitrogens is 2. The zero-order valence-corrected chi connectivity index (χ0v) is 14.1. The van der Waals surface area contributed by atoms with E-state index in [2.05, 4.69) is 35.3 Å². The van der Waals surface area contributed by atoms with Gasteiger partial charge in [0.15, 0.2) is 0 Å². The highest BCUT2D eigenvalue weighted by atomic mass is 16.3. The van der Waals surface area contributed by atoms with E-state index in [0.29, 0.717) is 0 Å². The van der Waals surface area contributed by atoms with Gasteiger partial charge in [-0.25, -0.2) is 4.98 Å². The highest BCUT2D eigenvalue weighted by Crippen LogP contribution is 2.42. The molecule has 0 aliphatic heterocycles. The molecule has 0 bridgehead atoms. The van der Waals surface area contributed by atoms with Crippen molar-refractivity contribution in [2.24, 2.45) is 0 Å². The molecule has 0 atom stereocenters. The fourth-order valence-corrected chi connectivity index (χ4v) is 3.64. The van der Waals surface area contributed by atoms with Crippen LogP contribution >= 0.6 is 0 Å². The van der Waals surface area contributed by atoms with E-state index in [9.17, 15) is 5.11 Å². The largest absolute Gasteiger partial charge is 0.508 e. The number of hydrogen-bond donors (Lipinski definition) is 1. The second-order valence-corrected chi connectivity index (χ2v) is 6.50. The van der Waals surface area contributed by atoms with Crippen LogP contribution in [0.5, 0.6) is 5.75 Å². The molecule has 2 aromatic carbocycles. The lowest BCUT2D eigenvalue weighted by molar-refractivity contribution is 0.475. The Morgan fingerprint density at radius 1 is 0.769 bits per heavy atom. The molecule has 4 aromatic rings. The lowest BCUT2D eigenvalue weighted by Crippen LogP contribution is -1.94. The van der Waals surface area contributed by atoms with Crippen molar-refractivity contribution in [3.8, 4) is 39.4 Å². The predicted molar refractivity (Wildman–Crippen MR) is 103 cm³/mol. The van der Waals surface area contributed by atoms with E-state index in [-0.39, 0.29) is 5.75 Å². The normalized spacial score (nSPS) is 11.8. The Hall–Kier alpha value is -3.46. The summed E-state index contributed by atoms with van der Waals surface area (Å²) < 4.78 is 0. The number of benzene rings is 2. The third kappa shape index (κ3) is 2.37. The third-order valence-electron chi connectivity index (χ3n) is 4.92. The van der Waals surface area contributed by atoms with Gasteiger partial charge >= 0.3 is 0 Å². The second-order valence-electron chi connectivity index (χ2n) is 6.50. The summed E-state index contributed by atoms with van der Waals surface area (Å²) in [5.74, 6) is 0.259. The number of aromatic hydroxyl groups is 1. The monoisotopic (exact) mass is 336 g/mol. The number of fused-ring (bicyclic) bond motifs is 3. The molecule has 0 fully saturated rings. The number of phenols is 1. The van der Waals surface area contributed by atoms with Crippen molar-refractivity contribution in [1.29, 1.82) is 0 Å². The molecular formula is C23H16N2O. The summed E-state index contributed by atoms with van der Waals surface area (Å²) in [6, 6.07) is 21.9. The van der Waals surface area contributed by atoms with Gasteiger partial charge in [0.1, 0.15) is 5.75 Å². The molecule has 0 unspecified atom stereocenters. The van der Waals surface area contributed by atoms with E-state index >= 15 is 0 Å². The lowest BCUT2D eigenvalue weighted by atomic mass is 9.97. The van der Waals surface area contributed by atoms with E-state index in [0.717, 1.165) is 28.9 Å². The molecule has 0 spiro atoms. The number of phenolic OH excluding ortho intramolecular Hbond substituents is 1. The van der Waals surface area contributed by atoms with Gasteiger partial charge in [-0.2, -0.15) is 0 Å². The maximum atomic E-state index is 9.59. The zero-order chi connectivity index (χ0) is 17.5. The van der Waals surface area contributed by atoms with E-state index < -0.39 is 0 Å². The Morgan fingerprint density at radius 2 is 1.54 bits per heavy atom. The first-order chi connectivity index (χ1) is 12.8. The van der Waals surface area contributed by atoms with Gasteiger partial charge < -0.3 is 5.11 Å². The van der Waals surface area contributed by atoms with Crippen molar-refractivity contribution < 1.29 is 5.11 Å². The topological polar surface area (TPSA) is 46.0 Å². The maximum absolute atomic E-state index is 9.59. The summed E-state index contributed by atoms with van der Waals surface area (Å²) in [5.41, 5.74) is 9.07. The molecule has 5 rings (SSSR count). The predicted octanol–water partition coefficient (Wildman–Crippen LogP) is 5.09. The molecule has 124 valence electrons. The van der Waals surface area contributed by atoms with Crippen LogP contribution in [0.15, 0.2) is 79.1 Å². The third-order valence-corrected chi connectivity index (χ3v) is 4.92. The first-order valence-corrected chi connectivity index (χ1v) is 8.61. The molecule has 26 heavy (non-hydrogen) atoms. The Kier molecular flexibility index (Phi) is 3.32. The molecule has 2 heterocycles. The van der Waals surface area contributed by atoms with Gasteiger partial charge in [-0.1, -0.05) is 24.3 Å². The van der Waals surface area contributed by atoms with Crippen molar-refractivity contribution in [2.75, 3.05) is 0 Å². The van der Waals surface area contributed by atoms with Crippen molar-refractivity contribution >= 4 is 0 Å². The molecule has 1 aliphatic carbocycles. The molecule has 0 amide bonds. The summed E-state index contributed by atoms with van der Waals surface area (Å²) in [6.07, 6.45) is 4.54. The summed E-state index contributed by atoms with van der Waals surface area (Å²) in [4.78, 5) is 9.13. The van der Waals surface area contributed by atoms with Crippen LogP contribution in [0.1, 0.15) is 11.1 Å². The van der Waals surface area contributed by atoms with E-state index in [1.807, 2.05) is 36.7 Å². The minimum Gasteiger partial charge on any atom is -0.508 e. The average Bonchev–Trinajstić information content (AvgIpc) is 3.07. The smallest absolute Gasteiger partial charge is 0.115 e. The molecule has 0 radical (unpaired) electrons. The van der Waals surface area contributed by atoms with Crippen molar-refractivity contribution in [1.82, 2.24) is 9.97 Å². The molecule has 0 saturated heterocycles. The minimum atomic E-state index is 0.259. The first kappa shape index (κ1) is 14.8. The number of hydrogen-bond acceptors (Lipinski definition) is 3. The lowest BCUT2D eigenvalue weighted by Gasteiger charge is -2.12. The van der Waals surface area contributed by atoms with Crippen LogP contribution < -0.4 is 0 Å². The van der Waals surface area contributed by atoms with Gasteiger partial charge in [-0.05, 0) is 64.7 Å². The van der Waals surface area contributed by atoms with Gasteiger partial charge in [-0.15, -0.1) is 0 Å². The quantitative estimate of drug-likeness (QED) is 0.488. The van der Waals surface area contributed by atoms with E-state index in [1.165, 1.54) is 22.3 Å². The Labute approximate surface area is 151 Å². The fourth-order valence-electron chi connectivity index (χ4n) is 3.64. The Morgan fingerprint density at radius 3 is 2.35 bits per heavy atom. The Balaban J connectivity index is 1.78. The number of rotatable bonds is 2. The van der Waals surface area contributed by atoms with Crippen LogP contribution in [-0.2, 0) is 6.42 Å². The molecule has 1 aliphatic rings. The van der Waals surface area contributed by atoms with Gasteiger partial charge in [-0.3, -0.25) is 4.98 Å². The van der Waals surface area contributed by atoms with Crippen molar-refractivity contribution in [3.63, 3.8) is 0 Å². The maximum Gasteiger partial charge on any atom is 0.115 e. The van der Waals surface area contributed by atoms with E-state index in [4.69, 9.17) is 4.98 Å². The number of pyridine rings is 2. The summed E-state index contributed by atoms with van der Waals surface area (Å²) >= 11 is 0. The number of nitrogens with zero attached hydrogens (tertiary/aromatic N) is 2. The van der Waals surface area contributed by atoms with Crippen LogP contribution in [0, 0.1) is 0 Å². The van der Waals surface area contributed by atoms with Crippen molar-refractivity contribution in [2.45, 2.75) is 6.42 Å². The van der Waals surface area contributed by atoms with E-state index in [1.54, 1.807) is 12.1 Å². The highest BCUT2D eigenvalue weighted by Gasteiger charge is 2.24. The van der Waals surface area contributed by atoms with Crippen LogP contribution in [0.25, 0.3) is 33.6 Å². The molecular weight excluding hydrogens is 320 g/mol.